The Bertz CT molecular complexity index is 786. The molecule has 5 nitrogen and oxygen atoms in total. The number of rotatable bonds is 12. The first kappa shape index (κ1) is 21.5. The molecule has 0 aliphatic heterocycles. The minimum Gasteiger partial charge on any atom is -0.388 e. The van der Waals surface area contributed by atoms with Gasteiger partial charge >= 0.3 is 0 Å². The van der Waals surface area contributed by atoms with E-state index in [1.807, 2.05) is 30.3 Å². The SMILES string of the molecule is O=C(CCCCCCC(=O)Nc1ccccc1)Cc1ccccc1C(=O)CO. The number of Topliss-reactive ketones (excluding diaryl/α,β-unsaturated/α-hetero) is 2. The highest BCUT2D eigenvalue weighted by molar-refractivity contribution is 5.99. The second kappa shape index (κ2) is 11.8. The van der Waals surface area contributed by atoms with Crippen LogP contribution in [0.5, 0.6) is 0 Å². The summed E-state index contributed by atoms with van der Waals surface area (Å²) < 4.78 is 0. The van der Waals surface area contributed by atoms with Gasteiger partial charge in [-0.2, -0.15) is 0 Å². The lowest BCUT2D eigenvalue weighted by Gasteiger charge is -2.07. The maximum Gasteiger partial charge on any atom is 0.224 e. The molecule has 1 amide bonds. The van der Waals surface area contributed by atoms with Gasteiger partial charge in [0.25, 0.3) is 0 Å². The number of aliphatic hydroxyl groups excluding tert-OH is 1. The Balaban J connectivity index is 1.61. The zero-order valence-electron chi connectivity index (χ0n) is 16.0. The van der Waals surface area contributed by atoms with Crippen molar-refractivity contribution in [2.45, 2.75) is 44.9 Å². The maximum atomic E-state index is 12.2. The first-order chi connectivity index (χ1) is 13.6. The van der Waals surface area contributed by atoms with Crippen LogP contribution < -0.4 is 5.32 Å². The van der Waals surface area contributed by atoms with Gasteiger partial charge in [-0.15, -0.1) is 0 Å². The lowest BCUT2D eigenvalue weighted by molar-refractivity contribution is -0.118. The number of carbonyl (C=O) groups excluding carboxylic acids is 3. The van der Waals surface area contributed by atoms with Crippen LogP contribution in [-0.4, -0.2) is 29.2 Å². The van der Waals surface area contributed by atoms with E-state index in [2.05, 4.69) is 5.32 Å². The van der Waals surface area contributed by atoms with E-state index in [-0.39, 0.29) is 23.9 Å². The third kappa shape index (κ3) is 7.45. The lowest BCUT2D eigenvalue weighted by atomic mass is 9.97. The molecule has 0 unspecified atom stereocenters. The standard InChI is InChI=1S/C23H27NO4/c25-17-22(27)21-14-9-8-10-18(21)16-20(26)13-6-1-2-7-15-23(28)24-19-11-4-3-5-12-19/h3-5,8-12,14,25H,1-2,6-7,13,15-17H2,(H,24,28). The number of hydrogen-bond donors (Lipinski definition) is 2. The first-order valence-corrected chi connectivity index (χ1v) is 9.68. The summed E-state index contributed by atoms with van der Waals surface area (Å²) in [4.78, 5) is 35.8. The van der Waals surface area contributed by atoms with Gasteiger partial charge in [-0.1, -0.05) is 55.3 Å². The van der Waals surface area contributed by atoms with Crippen LogP contribution >= 0.6 is 0 Å². The molecule has 0 saturated heterocycles. The van der Waals surface area contributed by atoms with Gasteiger partial charge < -0.3 is 10.4 Å². The normalized spacial score (nSPS) is 10.5. The zero-order chi connectivity index (χ0) is 20.2. The van der Waals surface area contributed by atoms with E-state index in [4.69, 9.17) is 5.11 Å². The van der Waals surface area contributed by atoms with Crippen molar-refractivity contribution in [2.24, 2.45) is 0 Å². The van der Waals surface area contributed by atoms with Gasteiger partial charge in [-0.05, 0) is 30.5 Å². The van der Waals surface area contributed by atoms with Crippen LogP contribution in [0.1, 0.15) is 54.4 Å². The van der Waals surface area contributed by atoms with Crippen molar-refractivity contribution < 1.29 is 19.5 Å². The third-order valence-electron chi connectivity index (χ3n) is 4.52. The molecule has 28 heavy (non-hydrogen) atoms. The molecule has 0 fully saturated rings. The monoisotopic (exact) mass is 381 g/mol. The van der Waals surface area contributed by atoms with Crippen molar-refractivity contribution in [3.05, 3.63) is 65.7 Å². The Morgan fingerprint density at radius 2 is 1.43 bits per heavy atom. The second-order valence-corrected chi connectivity index (χ2v) is 6.78. The first-order valence-electron chi connectivity index (χ1n) is 9.68. The minimum atomic E-state index is -0.553. The number of hydrogen-bond acceptors (Lipinski definition) is 4. The highest BCUT2D eigenvalue weighted by atomic mass is 16.3. The van der Waals surface area contributed by atoms with Crippen molar-refractivity contribution in [3.63, 3.8) is 0 Å². The minimum absolute atomic E-state index is 0.00688. The average molecular weight is 381 g/mol. The number of amides is 1. The average Bonchev–Trinajstić information content (AvgIpc) is 2.71. The van der Waals surface area contributed by atoms with Gasteiger partial charge in [-0.3, -0.25) is 14.4 Å². The van der Waals surface area contributed by atoms with Crippen molar-refractivity contribution in [3.8, 4) is 0 Å². The topological polar surface area (TPSA) is 83.5 Å². The second-order valence-electron chi connectivity index (χ2n) is 6.78. The fraction of sp³-hybridized carbons (Fsp3) is 0.348. The van der Waals surface area contributed by atoms with E-state index in [9.17, 15) is 14.4 Å². The summed E-state index contributed by atoms with van der Waals surface area (Å²) in [6, 6.07) is 16.3. The molecule has 2 aromatic rings. The van der Waals surface area contributed by atoms with Gasteiger partial charge in [0.15, 0.2) is 5.78 Å². The van der Waals surface area contributed by atoms with Crippen LogP contribution in [0.25, 0.3) is 0 Å². The quantitative estimate of drug-likeness (QED) is 0.431. The fourth-order valence-electron chi connectivity index (χ4n) is 3.04. The van der Waals surface area contributed by atoms with Crippen molar-refractivity contribution in [1.82, 2.24) is 0 Å². The van der Waals surface area contributed by atoms with Crippen LogP contribution in [0.2, 0.25) is 0 Å². The fourth-order valence-corrected chi connectivity index (χ4v) is 3.04. The van der Waals surface area contributed by atoms with E-state index >= 15 is 0 Å². The number of para-hydroxylation sites is 1. The van der Waals surface area contributed by atoms with E-state index in [1.54, 1.807) is 24.3 Å². The van der Waals surface area contributed by atoms with E-state index in [0.29, 0.717) is 24.0 Å². The summed E-state index contributed by atoms with van der Waals surface area (Å²) in [5.74, 6) is -0.273. The number of benzene rings is 2. The maximum absolute atomic E-state index is 12.2. The Morgan fingerprint density at radius 1 is 0.786 bits per heavy atom. The van der Waals surface area contributed by atoms with Gasteiger partial charge in [0.2, 0.25) is 5.91 Å². The smallest absolute Gasteiger partial charge is 0.224 e. The predicted molar refractivity (Wildman–Crippen MR) is 109 cm³/mol. The van der Waals surface area contributed by atoms with Crippen LogP contribution in [-0.2, 0) is 16.0 Å². The summed E-state index contributed by atoms with van der Waals surface area (Å²) in [7, 11) is 0. The molecule has 148 valence electrons. The Hall–Kier alpha value is -2.79. The summed E-state index contributed by atoms with van der Waals surface area (Å²) in [6.07, 6.45) is 4.49. The number of carbonyl (C=O) groups is 3. The molecule has 2 N–H and O–H groups in total. The molecule has 0 aliphatic carbocycles. The Labute approximate surface area is 165 Å². The molecule has 0 aromatic heterocycles. The third-order valence-corrected chi connectivity index (χ3v) is 4.52. The largest absolute Gasteiger partial charge is 0.388 e. The highest BCUT2D eigenvalue weighted by Gasteiger charge is 2.12. The molecule has 0 bridgehead atoms. The van der Waals surface area contributed by atoms with Gasteiger partial charge in [0.1, 0.15) is 12.4 Å². The van der Waals surface area contributed by atoms with E-state index in [0.717, 1.165) is 31.4 Å². The molecule has 2 aromatic carbocycles. The summed E-state index contributed by atoms with van der Waals surface area (Å²) in [5, 5.41) is 11.9. The number of nitrogens with one attached hydrogen (secondary N) is 1. The molecule has 2 rings (SSSR count). The van der Waals surface area contributed by atoms with Crippen molar-refractivity contribution in [2.75, 3.05) is 11.9 Å². The molecule has 0 saturated carbocycles. The lowest BCUT2D eigenvalue weighted by Crippen LogP contribution is -2.11. The van der Waals surface area contributed by atoms with Gasteiger partial charge in [0.05, 0.1) is 0 Å². The molecule has 0 atom stereocenters. The molecular formula is C23H27NO4. The molecule has 0 heterocycles. The van der Waals surface area contributed by atoms with E-state index in [1.165, 1.54) is 0 Å². The molecule has 0 spiro atoms. The number of unbranched alkanes of at least 4 members (excludes halogenated alkanes) is 3. The predicted octanol–water partition coefficient (Wildman–Crippen LogP) is 3.95. The van der Waals surface area contributed by atoms with Crippen LogP contribution in [0, 0.1) is 0 Å². The summed E-state index contributed by atoms with van der Waals surface area (Å²) >= 11 is 0. The van der Waals surface area contributed by atoms with Gasteiger partial charge in [0, 0.05) is 30.5 Å². The Kier molecular flexibility index (Phi) is 9.08. The molecule has 0 aliphatic rings. The Morgan fingerprint density at radius 3 is 2.14 bits per heavy atom. The number of aliphatic hydroxyl groups is 1. The van der Waals surface area contributed by atoms with Crippen molar-refractivity contribution >= 4 is 23.2 Å². The molecule has 5 heteroatoms. The van der Waals surface area contributed by atoms with Crippen LogP contribution in [0.15, 0.2) is 54.6 Å². The van der Waals surface area contributed by atoms with Crippen molar-refractivity contribution in [1.29, 1.82) is 0 Å². The number of ketones is 2. The summed E-state index contributed by atoms with van der Waals surface area (Å²) in [6.45, 7) is -0.553. The highest BCUT2D eigenvalue weighted by Crippen LogP contribution is 2.14. The van der Waals surface area contributed by atoms with Gasteiger partial charge in [-0.25, -0.2) is 0 Å². The van der Waals surface area contributed by atoms with Crippen LogP contribution in [0.4, 0.5) is 5.69 Å². The number of anilines is 1. The van der Waals surface area contributed by atoms with E-state index < -0.39 is 6.61 Å². The molecular weight excluding hydrogens is 354 g/mol. The van der Waals surface area contributed by atoms with Crippen LogP contribution in [0.3, 0.4) is 0 Å². The summed E-state index contributed by atoms with van der Waals surface area (Å²) in [5.41, 5.74) is 1.89. The molecule has 0 radical (unpaired) electrons. The zero-order valence-corrected chi connectivity index (χ0v) is 16.0.